The van der Waals surface area contributed by atoms with Crippen LogP contribution in [0.3, 0.4) is 0 Å². The van der Waals surface area contributed by atoms with Crippen molar-refractivity contribution >= 4 is 22.4 Å². The van der Waals surface area contributed by atoms with E-state index in [2.05, 4.69) is 27.0 Å². The van der Waals surface area contributed by atoms with Gasteiger partial charge in [0, 0.05) is 36.5 Å². The van der Waals surface area contributed by atoms with E-state index in [1.165, 1.54) is 23.8 Å². The van der Waals surface area contributed by atoms with Crippen LogP contribution in [0.4, 0.5) is 11.4 Å². The molecule has 0 aliphatic carbocycles. The molecule has 3 aromatic carbocycles. The van der Waals surface area contributed by atoms with Gasteiger partial charge < -0.3 is 15.0 Å². The number of nitrogens with zero attached hydrogens (tertiary/aromatic N) is 3. The molecule has 2 N–H and O–H groups in total. The topological polar surface area (TPSA) is 93.2 Å². The molecule has 7 nitrogen and oxygen atoms in total. The first-order valence-corrected chi connectivity index (χ1v) is 9.22. The van der Waals surface area contributed by atoms with E-state index in [1.54, 1.807) is 0 Å². The maximum absolute atomic E-state index is 10.9. The van der Waals surface area contributed by atoms with Crippen LogP contribution in [-0.2, 0) is 13.1 Å². The molecule has 0 unspecified atom stereocenters. The molecule has 0 saturated carbocycles. The van der Waals surface area contributed by atoms with Crippen molar-refractivity contribution < 1.29 is 10.0 Å². The number of hydrogen-bond acceptors (Lipinski definition) is 5. The van der Waals surface area contributed by atoms with Crippen LogP contribution in [0.2, 0.25) is 0 Å². The van der Waals surface area contributed by atoms with Gasteiger partial charge in [0.05, 0.1) is 16.0 Å². The number of aromatic hydroxyl groups is 1. The van der Waals surface area contributed by atoms with Gasteiger partial charge in [0.15, 0.2) is 0 Å². The zero-order chi connectivity index (χ0) is 20.4. The summed E-state index contributed by atoms with van der Waals surface area (Å²) in [5.74, 6) is 0.949. The van der Waals surface area contributed by atoms with Crippen molar-refractivity contribution in [2.24, 2.45) is 0 Å². The number of nitro groups is 1. The highest BCUT2D eigenvalue weighted by molar-refractivity contribution is 5.80. The number of nitrogens with one attached hydrogen (secondary N) is 1. The zero-order valence-corrected chi connectivity index (χ0v) is 15.9. The summed E-state index contributed by atoms with van der Waals surface area (Å²) in [6, 6.07) is 20.1. The Hall–Kier alpha value is -3.87. The van der Waals surface area contributed by atoms with Crippen LogP contribution >= 0.6 is 0 Å². The first kappa shape index (κ1) is 18.5. The number of non-ortho nitro benzene ring substituents is 1. The molecular formula is C22H20N4O3. The first-order valence-electron chi connectivity index (χ1n) is 9.22. The number of aryl methyl sites for hydroxylation is 1. The van der Waals surface area contributed by atoms with Gasteiger partial charge in [0.2, 0.25) is 0 Å². The van der Waals surface area contributed by atoms with E-state index in [0.717, 1.165) is 29.1 Å². The number of phenols is 1. The summed E-state index contributed by atoms with van der Waals surface area (Å²) >= 11 is 0. The molecule has 0 atom stereocenters. The Bertz CT molecular complexity index is 1190. The van der Waals surface area contributed by atoms with Crippen LogP contribution in [-0.4, -0.2) is 19.6 Å². The Balaban J connectivity index is 1.56. The van der Waals surface area contributed by atoms with Crippen LogP contribution in [0.15, 0.2) is 66.7 Å². The number of rotatable bonds is 6. The Labute approximate surface area is 167 Å². The van der Waals surface area contributed by atoms with Crippen molar-refractivity contribution in [2.45, 2.75) is 20.0 Å². The molecule has 1 aromatic heterocycles. The van der Waals surface area contributed by atoms with E-state index in [9.17, 15) is 15.2 Å². The maximum Gasteiger partial charge on any atom is 0.270 e. The second-order valence-electron chi connectivity index (χ2n) is 6.86. The Morgan fingerprint density at radius 1 is 1.10 bits per heavy atom. The van der Waals surface area contributed by atoms with Gasteiger partial charge in [-0.25, -0.2) is 4.98 Å². The predicted octanol–water partition coefficient (Wildman–Crippen LogP) is 4.62. The third-order valence-corrected chi connectivity index (χ3v) is 4.88. The number of benzene rings is 3. The summed E-state index contributed by atoms with van der Waals surface area (Å²) in [5, 5.41) is 24.1. The second kappa shape index (κ2) is 7.63. The summed E-state index contributed by atoms with van der Waals surface area (Å²) in [6.45, 7) is 3.00. The average Bonchev–Trinajstić information content (AvgIpc) is 3.02. The fraction of sp³-hybridized carbons (Fsp3) is 0.136. The minimum Gasteiger partial charge on any atom is -0.508 e. The summed E-state index contributed by atoms with van der Waals surface area (Å²) in [4.78, 5) is 15.1. The number of nitro benzene ring substituents is 1. The molecule has 29 heavy (non-hydrogen) atoms. The molecule has 0 radical (unpaired) electrons. The molecule has 0 saturated heterocycles. The zero-order valence-electron chi connectivity index (χ0n) is 15.9. The molecule has 0 aliphatic rings. The standard InChI is InChI=1S/C22H20N4O3/c1-15-24-20-12-18(23-13-17-11-19(26(28)29)8-10-22(17)27)7-9-21(20)25(15)14-16-5-3-2-4-6-16/h2-12,23,27H,13-14H2,1H3. The second-order valence-corrected chi connectivity index (χ2v) is 6.86. The maximum atomic E-state index is 10.9. The van der Waals surface area contributed by atoms with Gasteiger partial charge in [-0.15, -0.1) is 0 Å². The number of phenolic OH excluding ortho intramolecular Hbond substituents is 1. The van der Waals surface area contributed by atoms with Crippen molar-refractivity contribution in [3.8, 4) is 5.75 Å². The van der Waals surface area contributed by atoms with Gasteiger partial charge in [-0.3, -0.25) is 10.1 Å². The van der Waals surface area contributed by atoms with Crippen molar-refractivity contribution in [2.75, 3.05) is 5.32 Å². The third-order valence-electron chi connectivity index (χ3n) is 4.88. The third kappa shape index (κ3) is 3.89. The number of anilines is 1. The van der Waals surface area contributed by atoms with E-state index in [4.69, 9.17) is 0 Å². The smallest absolute Gasteiger partial charge is 0.270 e. The summed E-state index contributed by atoms with van der Waals surface area (Å²) in [5.41, 5.74) is 4.35. The number of fused-ring (bicyclic) bond motifs is 1. The normalized spacial score (nSPS) is 10.9. The quantitative estimate of drug-likeness (QED) is 0.371. The van der Waals surface area contributed by atoms with E-state index >= 15 is 0 Å². The highest BCUT2D eigenvalue weighted by atomic mass is 16.6. The molecule has 0 fully saturated rings. The van der Waals surface area contributed by atoms with Gasteiger partial charge in [-0.05, 0) is 36.8 Å². The molecule has 4 aromatic rings. The number of imidazole rings is 1. The molecule has 1 heterocycles. The molecule has 0 spiro atoms. The van der Waals surface area contributed by atoms with E-state index in [-0.39, 0.29) is 18.0 Å². The van der Waals surface area contributed by atoms with Crippen LogP contribution in [0.1, 0.15) is 17.0 Å². The van der Waals surface area contributed by atoms with Crippen molar-refractivity contribution in [1.29, 1.82) is 0 Å². The predicted molar refractivity (Wildman–Crippen MR) is 112 cm³/mol. The highest BCUT2D eigenvalue weighted by Gasteiger charge is 2.12. The van der Waals surface area contributed by atoms with Gasteiger partial charge >= 0.3 is 0 Å². The highest BCUT2D eigenvalue weighted by Crippen LogP contribution is 2.25. The van der Waals surface area contributed by atoms with Crippen LogP contribution in [0, 0.1) is 17.0 Å². The van der Waals surface area contributed by atoms with E-state index in [0.29, 0.717) is 5.56 Å². The summed E-state index contributed by atoms with van der Waals surface area (Å²) < 4.78 is 2.17. The molecule has 4 rings (SSSR count). The van der Waals surface area contributed by atoms with E-state index in [1.807, 2.05) is 43.3 Å². The lowest BCUT2D eigenvalue weighted by atomic mass is 10.1. The molecule has 0 amide bonds. The van der Waals surface area contributed by atoms with Crippen molar-refractivity contribution in [3.05, 3.63) is 93.8 Å². The Morgan fingerprint density at radius 2 is 1.90 bits per heavy atom. The minimum absolute atomic E-state index is 0.0205. The molecular weight excluding hydrogens is 368 g/mol. The molecule has 146 valence electrons. The van der Waals surface area contributed by atoms with Crippen LogP contribution in [0.5, 0.6) is 5.75 Å². The Morgan fingerprint density at radius 3 is 2.66 bits per heavy atom. The number of aromatic nitrogens is 2. The van der Waals surface area contributed by atoms with Gasteiger partial charge in [-0.2, -0.15) is 0 Å². The molecule has 0 aliphatic heterocycles. The lowest BCUT2D eigenvalue weighted by Gasteiger charge is -2.09. The van der Waals surface area contributed by atoms with Crippen molar-refractivity contribution in [3.63, 3.8) is 0 Å². The molecule has 0 bridgehead atoms. The van der Waals surface area contributed by atoms with Gasteiger partial charge in [0.1, 0.15) is 11.6 Å². The van der Waals surface area contributed by atoms with Gasteiger partial charge in [-0.1, -0.05) is 30.3 Å². The number of hydrogen-bond donors (Lipinski definition) is 2. The fourth-order valence-electron chi connectivity index (χ4n) is 3.35. The van der Waals surface area contributed by atoms with Gasteiger partial charge in [0.25, 0.3) is 5.69 Å². The molecule has 7 heteroatoms. The SMILES string of the molecule is Cc1nc2cc(NCc3cc([N+](=O)[O-])ccc3O)ccc2n1Cc1ccccc1. The Kier molecular flexibility index (Phi) is 4.87. The summed E-state index contributed by atoms with van der Waals surface area (Å²) in [7, 11) is 0. The lowest BCUT2D eigenvalue weighted by Crippen LogP contribution is -2.02. The largest absolute Gasteiger partial charge is 0.508 e. The first-order chi connectivity index (χ1) is 14.0. The average molecular weight is 388 g/mol. The fourth-order valence-corrected chi connectivity index (χ4v) is 3.35. The van der Waals surface area contributed by atoms with Crippen molar-refractivity contribution in [1.82, 2.24) is 9.55 Å². The minimum atomic E-state index is -0.475. The van der Waals surface area contributed by atoms with E-state index < -0.39 is 4.92 Å². The lowest BCUT2D eigenvalue weighted by molar-refractivity contribution is -0.384. The van der Waals surface area contributed by atoms with Crippen LogP contribution < -0.4 is 5.32 Å². The van der Waals surface area contributed by atoms with Crippen LogP contribution in [0.25, 0.3) is 11.0 Å². The monoisotopic (exact) mass is 388 g/mol. The summed E-state index contributed by atoms with van der Waals surface area (Å²) in [6.07, 6.45) is 0.